The van der Waals surface area contributed by atoms with Crippen LogP contribution in [-0.4, -0.2) is 33.1 Å². The van der Waals surface area contributed by atoms with Crippen molar-refractivity contribution in [3.05, 3.63) is 24.3 Å². The Morgan fingerprint density at radius 2 is 0.462 bits per heavy atom. The van der Waals surface area contributed by atoms with Gasteiger partial charge in [-0.3, -0.25) is 0 Å². The summed E-state index contributed by atoms with van der Waals surface area (Å²) in [4.78, 5) is 20.4. The average molecular weight is 1020 g/mol. The number of allylic oxidation sites excluding steroid dienone is 4. The Balaban J connectivity index is -0.000000896. The molecular formula is C60H116O4Sn. The van der Waals surface area contributed by atoms with Gasteiger partial charge < -0.3 is 19.8 Å². The quantitative estimate of drug-likeness (QED) is 0.0345. The number of carboxylic acids is 2. The Hall–Kier alpha value is -0.781. The van der Waals surface area contributed by atoms with Crippen molar-refractivity contribution in [2.75, 3.05) is 0 Å². The first-order valence-electron chi connectivity index (χ1n) is 29.4. The monoisotopic (exact) mass is 1020 g/mol. The number of carbonyl (C=O) groups excluding carboxylic acids is 2. The van der Waals surface area contributed by atoms with E-state index in [0.717, 1.165) is 38.5 Å². The van der Waals surface area contributed by atoms with Gasteiger partial charge in [-0.25, -0.2) is 0 Å². The second kappa shape index (κ2) is 67.5. The molecule has 0 aromatic rings. The van der Waals surface area contributed by atoms with Gasteiger partial charge in [-0.2, -0.15) is 0 Å². The van der Waals surface area contributed by atoms with Crippen LogP contribution in [0.15, 0.2) is 24.3 Å². The van der Waals surface area contributed by atoms with Gasteiger partial charge in [-0.15, -0.1) is 0 Å². The van der Waals surface area contributed by atoms with Gasteiger partial charge in [0.25, 0.3) is 0 Å². The summed E-state index contributed by atoms with van der Waals surface area (Å²) in [7, 11) is 0. The van der Waals surface area contributed by atoms with Crippen molar-refractivity contribution in [3.63, 3.8) is 0 Å². The van der Waals surface area contributed by atoms with E-state index in [1.807, 2.05) is 0 Å². The van der Waals surface area contributed by atoms with Crippen molar-refractivity contribution in [2.24, 2.45) is 0 Å². The van der Waals surface area contributed by atoms with Crippen LogP contribution >= 0.6 is 0 Å². The molecule has 0 aromatic heterocycles. The molecule has 0 radical (unpaired) electrons. The second-order valence-electron chi connectivity index (χ2n) is 19.5. The SMILES string of the molecule is CCCCCCCC/C=C\CCCCCCCC(=O)[O-].CCCCCCCC/C=C\CCCCCCCC(=O)[O-].CCCCCCCCCCC[CH2][Sn+2][CH2]CCCCCCCCCCC. The first-order chi connectivity index (χ1) is 32.0. The third-order valence-electron chi connectivity index (χ3n) is 12.7. The zero-order chi connectivity index (χ0) is 48.0. The number of rotatable bonds is 52. The molecule has 65 heavy (non-hydrogen) atoms. The van der Waals surface area contributed by atoms with Crippen molar-refractivity contribution in [1.29, 1.82) is 0 Å². The topological polar surface area (TPSA) is 80.3 Å². The molecule has 4 nitrogen and oxygen atoms in total. The third-order valence-corrected chi connectivity index (χ3v) is 16.7. The first kappa shape index (κ1) is 68.5. The molecule has 0 rings (SSSR count). The van der Waals surface area contributed by atoms with Crippen molar-refractivity contribution >= 4 is 33.1 Å². The van der Waals surface area contributed by atoms with E-state index in [1.54, 1.807) is 21.7 Å². The molecule has 384 valence electrons. The summed E-state index contributed by atoms with van der Waals surface area (Å²) in [6.45, 7) is 9.12. The fraction of sp³-hybridized carbons (Fsp3) is 0.900. The van der Waals surface area contributed by atoms with Gasteiger partial charge in [0, 0.05) is 11.9 Å². The van der Waals surface area contributed by atoms with Gasteiger partial charge in [-0.05, 0) is 77.0 Å². The zero-order valence-corrected chi connectivity index (χ0v) is 47.7. The van der Waals surface area contributed by atoms with E-state index in [4.69, 9.17) is 0 Å². The molecule has 0 aliphatic carbocycles. The molecule has 0 saturated heterocycles. The maximum absolute atomic E-state index is 10.2. The van der Waals surface area contributed by atoms with Gasteiger partial charge in [0.2, 0.25) is 0 Å². The Kier molecular flexibility index (Phi) is 71.1. The van der Waals surface area contributed by atoms with E-state index >= 15 is 0 Å². The van der Waals surface area contributed by atoms with Crippen molar-refractivity contribution in [2.45, 2.75) is 345 Å². The Bertz CT molecular complexity index is 845. The first-order valence-corrected chi connectivity index (χ1v) is 33.4. The standard InChI is InChI=1S/2C18H34O2.2C12H25.Sn/c2*1-2-3-4-5-6-7-8-9-10-11-12-13-14-15-16-17-18(19)20;2*1-3-5-7-9-11-12-10-8-6-4-2;/h2*9-10H,2-8,11-17H2,1H3,(H,19,20);2*1,3-12H2,2H3;/q;;;;+2/p-2/b2*10-9-;;;. The summed E-state index contributed by atoms with van der Waals surface area (Å²) in [6.07, 6.45) is 71.6. The molecule has 0 unspecified atom stereocenters. The molecule has 0 saturated carbocycles. The van der Waals surface area contributed by atoms with E-state index in [9.17, 15) is 19.8 Å². The van der Waals surface area contributed by atoms with Crippen LogP contribution in [0.2, 0.25) is 8.87 Å². The van der Waals surface area contributed by atoms with E-state index < -0.39 is 11.9 Å². The van der Waals surface area contributed by atoms with E-state index in [-0.39, 0.29) is 34.0 Å². The normalized spacial score (nSPS) is 11.1. The summed E-state index contributed by atoms with van der Waals surface area (Å²) >= 11 is 0.0377. The fourth-order valence-corrected chi connectivity index (χ4v) is 11.8. The number of aliphatic carboxylic acids is 2. The van der Waals surface area contributed by atoms with Crippen LogP contribution in [0.5, 0.6) is 0 Å². The molecule has 0 heterocycles. The van der Waals surface area contributed by atoms with Crippen LogP contribution in [0.25, 0.3) is 0 Å². The van der Waals surface area contributed by atoms with Gasteiger partial charge in [-0.1, -0.05) is 141 Å². The molecule has 0 aliphatic heterocycles. The third kappa shape index (κ3) is 77.7. The van der Waals surface area contributed by atoms with Crippen LogP contribution in [0.3, 0.4) is 0 Å². The number of carbonyl (C=O) groups is 2. The minimum absolute atomic E-state index is 0.0377. The molecule has 0 N–H and O–H groups in total. The number of carboxylic acid groups (broad SMARTS) is 2. The maximum atomic E-state index is 10.2. The summed E-state index contributed by atoms with van der Waals surface area (Å²) in [5.41, 5.74) is 0. The molecule has 0 aromatic carbocycles. The number of hydrogen-bond acceptors (Lipinski definition) is 4. The molecule has 0 spiro atoms. The van der Waals surface area contributed by atoms with Crippen LogP contribution in [0, 0.1) is 0 Å². The van der Waals surface area contributed by atoms with Gasteiger partial charge in [0.05, 0.1) is 0 Å². The molecule has 0 fully saturated rings. The van der Waals surface area contributed by atoms with Crippen LogP contribution < -0.4 is 10.2 Å². The average Bonchev–Trinajstić information content (AvgIpc) is 3.29. The Labute approximate surface area is 419 Å². The predicted octanol–water partition coefficient (Wildman–Crippen LogP) is 18.9. The zero-order valence-electron chi connectivity index (χ0n) is 44.8. The summed E-state index contributed by atoms with van der Waals surface area (Å²) in [5, 5.41) is 20.4. The van der Waals surface area contributed by atoms with Crippen LogP contribution in [0.1, 0.15) is 336 Å². The van der Waals surface area contributed by atoms with Crippen molar-refractivity contribution in [1.82, 2.24) is 0 Å². The van der Waals surface area contributed by atoms with Crippen LogP contribution in [-0.2, 0) is 9.59 Å². The van der Waals surface area contributed by atoms with Crippen molar-refractivity contribution in [3.8, 4) is 0 Å². The van der Waals surface area contributed by atoms with Crippen molar-refractivity contribution < 1.29 is 19.8 Å². The van der Waals surface area contributed by atoms with E-state index in [1.165, 1.54) is 244 Å². The predicted molar refractivity (Wildman–Crippen MR) is 288 cm³/mol. The number of hydrogen-bond donors (Lipinski definition) is 0. The second-order valence-corrected chi connectivity index (χ2v) is 23.8. The minimum atomic E-state index is -0.914. The van der Waals surface area contributed by atoms with Gasteiger partial charge in [0.15, 0.2) is 0 Å². The number of unbranched alkanes of at least 4 members (excludes halogenated alkanes) is 40. The van der Waals surface area contributed by atoms with E-state index in [2.05, 4.69) is 52.0 Å². The Morgan fingerprint density at radius 1 is 0.277 bits per heavy atom. The summed E-state index contributed by atoms with van der Waals surface area (Å²) < 4.78 is 3.33. The molecule has 0 aliphatic rings. The fourth-order valence-electron chi connectivity index (χ4n) is 8.28. The van der Waals surface area contributed by atoms with E-state index in [0.29, 0.717) is 0 Å². The molecular weight excluding hydrogens is 903 g/mol. The Morgan fingerprint density at radius 3 is 0.677 bits per heavy atom. The summed E-state index contributed by atoms with van der Waals surface area (Å²) in [5.74, 6) is -1.83. The molecule has 0 amide bonds. The van der Waals surface area contributed by atoms with Crippen LogP contribution in [0.4, 0.5) is 0 Å². The molecule has 5 heteroatoms. The summed E-state index contributed by atoms with van der Waals surface area (Å²) in [6, 6.07) is 0. The molecule has 0 atom stereocenters. The van der Waals surface area contributed by atoms with Gasteiger partial charge >= 0.3 is 172 Å². The molecule has 0 bridgehead atoms. The van der Waals surface area contributed by atoms with Gasteiger partial charge in [0.1, 0.15) is 0 Å².